The Morgan fingerprint density at radius 1 is 1.30 bits per heavy atom. The molecule has 0 aliphatic heterocycles. The molecule has 2 aliphatic carbocycles. The van der Waals surface area contributed by atoms with Crippen molar-refractivity contribution < 1.29 is 8.60 Å². The van der Waals surface area contributed by atoms with Crippen LogP contribution >= 0.6 is 11.6 Å². The lowest BCUT2D eigenvalue weighted by Crippen LogP contribution is -2.47. The molecule has 0 aromatic heterocycles. The molecule has 27 heavy (non-hydrogen) atoms. The Kier molecular flexibility index (Phi) is 7.15. The number of nitrogens with zero attached hydrogens (tertiary/aromatic N) is 1. The fourth-order valence-corrected chi connectivity index (χ4v) is 5.60. The molecule has 0 bridgehead atoms. The van der Waals surface area contributed by atoms with Gasteiger partial charge in [0, 0.05) is 56.9 Å². The molecule has 0 radical (unpaired) electrons. The zero-order chi connectivity index (χ0) is 19.4. The fourth-order valence-electron chi connectivity index (χ4n) is 3.95. The van der Waals surface area contributed by atoms with Crippen LogP contribution in [-0.2, 0) is 10.8 Å². The van der Waals surface area contributed by atoms with Crippen molar-refractivity contribution in [3.63, 3.8) is 0 Å². The first-order chi connectivity index (χ1) is 13.0. The summed E-state index contributed by atoms with van der Waals surface area (Å²) in [6, 6.07) is 5.26. The molecule has 3 rings (SSSR count). The Labute approximate surface area is 168 Å². The molecule has 2 saturated carbocycles. The summed E-state index contributed by atoms with van der Waals surface area (Å²) < 4.78 is 26.3. The van der Waals surface area contributed by atoms with E-state index in [1.807, 2.05) is 13.8 Å². The maximum atomic E-state index is 14.1. The lowest BCUT2D eigenvalue weighted by molar-refractivity contribution is 0.413. The van der Waals surface area contributed by atoms with Gasteiger partial charge in [-0.2, -0.15) is 0 Å². The molecule has 150 valence electrons. The second kappa shape index (κ2) is 9.37. The van der Waals surface area contributed by atoms with Crippen LogP contribution in [0, 0.1) is 5.82 Å². The molecular formula is C20H29ClFN3OS. The minimum atomic E-state index is -0.744. The molecule has 2 N–H and O–H groups in total. The van der Waals surface area contributed by atoms with Crippen LogP contribution in [0.15, 0.2) is 23.2 Å². The maximum absolute atomic E-state index is 14.1. The Hall–Kier alpha value is -1.14. The van der Waals surface area contributed by atoms with Crippen LogP contribution in [0.2, 0.25) is 5.02 Å². The summed E-state index contributed by atoms with van der Waals surface area (Å²) in [5.74, 6) is 1.33. The van der Waals surface area contributed by atoms with Gasteiger partial charge in [0.25, 0.3) is 0 Å². The first kappa shape index (κ1) is 20.6. The van der Waals surface area contributed by atoms with Gasteiger partial charge in [0.2, 0.25) is 0 Å². The van der Waals surface area contributed by atoms with Crippen molar-refractivity contribution in [3.8, 4) is 0 Å². The molecule has 2 fully saturated rings. The van der Waals surface area contributed by atoms with Crippen LogP contribution in [-0.4, -0.2) is 39.8 Å². The lowest BCUT2D eigenvalue weighted by Gasteiger charge is -2.30. The van der Waals surface area contributed by atoms with E-state index in [9.17, 15) is 8.60 Å². The number of guanidine groups is 1. The van der Waals surface area contributed by atoms with Crippen molar-refractivity contribution in [3.05, 3.63) is 34.6 Å². The van der Waals surface area contributed by atoms with Gasteiger partial charge in [-0.25, -0.2) is 4.39 Å². The van der Waals surface area contributed by atoms with Gasteiger partial charge in [0.05, 0.1) is 0 Å². The zero-order valence-corrected chi connectivity index (χ0v) is 17.6. The van der Waals surface area contributed by atoms with Gasteiger partial charge in [0.1, 0.15) is 5.82 Å². The highest BCUT2D eigenvalue weighted by molar-refractivity contribution is 7.85. The third-order valence-corrected chi connectivity index (χ3v) is 7.49. The van der Waals surface area contributed by atoms with Crippen molar-refractivity contribution in [1.29, 1.82) is 0 Å². The maximum Gasteiger partial charge on any atom is 0.191 e. The first-order valence-electron chi connectivity index (χ1n) is 9.92. The summed E-state index contributed by atoms with van der Waals surface area (Å²) in [7, 11) is -0.744. The molecule has 0 amide bonds. The second-order valence-corrected chi connectivity index (χ2v) is 9.76. The van der Waals surface area contributed by atoms with E-state index >= 15 is 0 Å². The van der Waals surface area contributed by atoms with E-state index in [0.717, 1.165) is 43.8 Å². The molecule has 0 saturated heterocycles. The van der Waals surface area contributed by atoms with Crippen molar-refractivity contribution in [2.45, 2.75) is 69.2 Å². The van der Waals surface area contributed by atoms with Crippen LogP contribution in [0.4, 0.5) is 4.39 Å². The van der Waals surface area contributed by atoms with Crippen molar-refractivity contribution in [2.75, 3.05) is 12.3 Å². The van der Waals surface area contributed by atoms with E-state index < -0.39 is 10.8 Å². The quantitative estimate of drug-likeness (QED) is 0.548. The monoisotopic (exact) mass is 413 g/mol. The van der Waals surface area contributed by atoms with Crippen LogP contribution in [0.1, 0.15) is 57.4 Å². The molecule has 4 nitrogen and oxygen atoms in total. The number of hydrogen-bond acceptors (Lipinski definition) is 2. The Morgan fingerprint density at radius 2 is 2.11 bits per heavy atom. The summed E-state index contributed by atoms with van der Waals surface area (Å²) in [5.41, 5.74) is 0.601. The smallest absolute Gasteiger partial charge is 0.191 e. The molecule has 2 aliphatic rings. The first-order valence-corrected chi connectivity index (χ1v) is 11.7. The predicted octanol–water partition coefficient (Wildman–Crippen LogP) is 3.97. The Bertz CT molecular complexity index is 694. The average molecular weight is 414 g/mol. The minimum absolute atomic E-state index is 0.0780. The fraction of sp³-hybridized carbons (Fsp3) is 0.650. The highest BCUT2D eigenvalue weighted by atomic mass is 35.5. The molecule has 1 aromatic carbocycles. The third-order valence-electron chi connectivity index (χ3n) is 5.42. The number of rotatable bonds is 6. The summed E-state index contributed by atoms with van der Waals surface area (Å²) >= 11 is 6.20. The van der Waals surface area contributed by atoms with Crippen LogP contribution in [0.25, 0.3) is 0 Å². The molecular weight excluding hydrogens is 385 g/mol. The van der Waals surface area contributed by atoms with E-state index in [1.165, 1.54) is 6.07 Å². The summed E-state index contributed by atoms with van der Waals surface area (Å²) in [6.45, 7) is 4.65. The van der Waals surface area contributed by atoms with E-state index in [-0.39, 0.29) is 29.1 Å². The second-order valence-electron chi connectivity index (χ2n) is 7.35. The molecule has 5 atom stereocenters. The van der Waals surface area contributed by atoms with Crippen molar-refractivity contribution in [2.24, 2.45) is 4.99 Å². The largest absolute Gasteiger partial charge is 0.354 e. The highest BCUT2D eigenvalue weighted by Gasteiger charge is 2.42. The average Bonchev–Trinajstić information content (AvgIpc) is 3.40. The lowest BCUT2D eigenvalue weighted by atomic mass is 9.95. The SMILES string of the molecule is CCN=C(NC1CCCC(S(=O)CC)C1)NC1CC1c1c(F)cccc1Cl. The van der Waals surface area contributed by atoms with E-state index in [1.54, 1.807) is 12.1 Å². The molecule has 1 aromatic rings. The van der Waals surface area contributed by atoms with Crippen molar-refractivity contribution in [1.82, 2.24) is 10.6 Å². The van der Waals surface area contributed by atoms with Crippen LogP contribution in [0.5, 0.6) is 0 Å². The van der Waals surface area contributed by atoms with E-state index in [4.69, 9.17) is 11.6 Å². The van der Waals surface area contributed by atoms with Gasteiger partial charge in [-0.1, -0.05) is 31.0 Å². The standard InChI is InChI=1S/C20H29ClFN3OS/c1-3-23-20(24-13-7-5-8-14(11-13)27(26)4-2)25-18-12-15(18)19-16(21)9-6-10-17(19)22/h6,9-10,13-15,18H,3-5,7-8,11-12H2,1-2H3,(H2,23,24,25). The number of benzene rings is 1. The van der Waals surface area contributed by atoms with E-state index in [2.05, 4.69) is 15.6 Å². The number of hydrogen-bond donors (Lipinski definition) is 2. The van der Waals surface area contributed by atoms with Gasteiger partial charge < -0.3 is 10.6 Å². The van der Waals surface area contributed by atoms with Crippen LogP contribution < -0.4 is 10.6 Å². The zero-order valence-electron chi connectivity index (χ0n) is 16.0. The molecule has 0 heterocycles. The molecule has 7 heteroatoms. The molecule has 5 unspecified atom stereocenters. The van der Waals surface area contributed by atoms with Gasteiger partial charge in [-0.3, -0.25) is 9.20 Å². The summed E-state index contributed by atoms with van der Waals surface area (Å²) in [6.07, 6.45) is 4.96. The predicted molar refractivity (Wildman–Crippen MR) is 112 cm³/mol. The van der Waals surface area contributed by atoms with Gasteiger partial charge in [-0.15, -0.1) is 0 Å². The van der Waals surface area contributed by atoms with Crippen LogP contribution in [0.3, 0.4) is 0 Å². The third kappa shape index (κ3) is 5.23. The van der Waals surface area contributed by atoms with Gasteiger partial charge in [-0.05, 0) is 44.7 Å². The van der Waals surface area contributed by atoms with Crippen molar-refractivity contribution >= 4 is 28.4 Å². The summed E-state index contributed by atoms with van der Waals surface area (Å²) in [5, 5.41) is 7.72. The van der Waals surface area contributed by atoms with Gasteiger partial charge in [0.15, 0.2) is 5.96 Å². The van der Waals surface area contributed by atoms with E-state index in [0.29, 0.717) is 17.1 Å². The normalized spacial score (nSPS) is 29.3. The summed E-state index contributed by atoms with van der Waals surface area (Å²) in [4.78, 5) is 4.55. The topological polar surface area (TPSA) is 53.5 Å². The highest BCUT2D eigenvalue weighted by Crippen LogP contribution is 2.44. The number of nitrogens with one attached hydrogen (secondary N) is 2. The minimum Gasteiger partial charge on any atom is -0.354 e. The Balaban J connectivity index is 1.59. The van der Waals surface area contributed by atoms with Gasteiger partial charge >= 0.3 is 0 Å². The number of halogens is 2. The Morgan fingerprint density at radius 3 is 2.81 bits per heavy atom. The number of aliphatic imine (C=N–C) groups is 1. The molecule has 0 spiro atoms.